The zero-order chi connectivity index (χ0) is 15.0. The minimum Gasteiger partial charge on any atom is -0.490 e. The molecule has 1 N–H and O–H groups in total. The van der Waals surface area contributed by atoms with Gasteiger partial charge in [0, 0.05) is 24.1 Å². The molecule has 0 spiro atoms. The number of hydrogen-bond acceptors (Lipinski definition) is 3. The van der Waals surface area contributed by atoms with Crippen molar-refractivity contribution in [2.45, 2.75) is 46.2 Å². The third-order valence-corrected chi connectivity index (χ3v) is 2.69. The minimum absolute atomic E-state index is 0.0256. The maximum atomic E-state index is 12.2. The second kappa shape index (κ2) is 8.10. The Hall–Kier alpha value is -1.29. The van der Waals surface area contributed by atoms with E-state index in [4.69, 9.17) is 9.47 Å². The first-order valence-corrected chi connectivity index (χ1v) is 7.16. The molecule has 0 bridgehead atoms. The van der Waals surface area contributed by atoms with Crippen LogP contribution in [0.15, 0.2) is 18.2 Å². The quantitative estimate of drug-likeness (QED) is 0.738. The smallest absolute Gasteiger partial charge is 0.165 e. The number of alkyl halides is 1. The van der Waals surface area contributed by atoms with Gasteiger partial charge in [-0.15, -0.1) is 0 Å². The molecule has 0 saturated carbocycles. The molecule has 4 heteroatoms. The third-order valence-electron chi connectivity index (χ3n) is 2.69. The predicted octanol–water partition coefficient (Wildman–Crippen LogP) is 3.71. The fourth-order valence-electron chi connectivity index (χ4n) is 1.72. The number of rotatable bonds is 8. The Bertz CT molecular complexity index is 402. The molecule has 0 saturated heterocycles. The van der Waals surface area contributed by atoms with E-state index < -0.39 is 0 Å². The summed E-state index contributed by atoms with van der Waals surface area (Å²) >= 11 is 0. The summed E-state index contributed by atoms with van der Waals surface area (Å²) in [5, 5.41) is 3.43. The number of ether oxygens (including phenoxy) is 2. The van der Waals surface area contributed by atoms with Gasteiger partial charge in [0.2, 0.25) is 0 Å². The van der Waals surface area contributed by atoms with Crippen LogP contribution in [0.3, 0.4) is 0 Å². The highest BCUT2D eigenvalue weighted by molar-refractivity contribution is 5.46. The lowest BCUT2D eigenvalue weighted by atomic mass is 10.1. The average molecular weight is 283 g/mol. The Morgan fingerprint density at radius 2 is 1.95 bits per heavy atom. The van der Waals surface area contributed by atoms with Crippen molar-refractivity contribution in [3.8, 4) is 11.5 Å². The van der Waals surface area contributed by atoms with Crippen molar-refractivity contribution in [2.75, 3.05) is 19.9 Å². The van der Waals surface area contributed by atoms with Gasteiger partial charge in [-0.2, -0.15) is 0 Å². The van der Waals surface area contributed by atoms with Gasteiger partial charge in [0.05, 0.1) is 19.9 Å². The normalized spacial score (nSPS) is 11.4. The lowest BCUT2D eigenvalue weighted by Gasteiger charge is -2.22. The van der Waals surface area contributed by atoms with Crippen LogP contribution in [0.4, 0.5) is 4.39 Å². The maximum Gasteiger partial charge on any atom is 0.165 e. The molecule has 0 fully saturated rings. The Morgan fingerprint density at radius 3 is 2.55 bits per heavy atom. The van der Waals surface area contributed by atoms with E-state index in [1.54, 1.807) is 0 Å². The van der Waals surface area contributed by atoms with Crippen molar-refractivity contribution in [3.63, 3.8) is 0 Å². The molecule has 114 valence electrons. The molecule has 1 aromatic carbocycles. The summed E-state index contributed by atoms with van der Waals surface area (Å²) in [7, 11) is 0. The Labute approximate surface area is 121 Å². The number of nitrogens with one attached hydrogen (secondary N) is 1. The Morgan fingerprint density at radius 1 is 1.20 bits per heavy atom. The summed E-state index contributed by atoms with van der Waals surface area (Å²) in [5.74, 6) is 1.44. The molecule has 3 nitrogen and oxygen atoms in total. The second-order valence-corrected chi connectivity index (χ2v) is 5.67. The van der Waals surface area contributed by atoms with Crippen LogP contribution in [-0.4, -0.2) is 25.4 Å². The van der Waals surface area contributed by atoms with Crippen LogP contribution in [-0.2, 0) is 6.54 Å². The summed E-state index contributed by atoms with van der Waals surface area (Å²) < 4.78 is 23.5. The number of hydrogen-bond donors (Lipinski definition) is 1. The Balaban J connectivity index is 2.86. The topological polar surface area (TPSA) is 30.5 Å². The maximum absolute atomic E-state index is 12.2. The zero-order valence-electron chi connectivity index (χ0n) is 13.0. The van der Waals surface area contributed by atoms with Gasteiger partial charge in [0.15, 0.2) is 11.5 Å². The van der Waals surface area contributed by atoms with Crippen molar-refractivity contribution >= 4 is 0 Å². The van der Waals surface area contributed by atoms with Crippen LogP contribution in [0.25, 0.3) is 0 Å². The van der Waals surface area contributed by atoms with Crippen LogP contribution in [0.5, 0.6) is 11.5 Å². The van der Waals surface area contributed by atoms with Gasteiger partial charge >= 0.3 is 0 Å². The molecule has 0 aliphatic heterocycles. The van der Waals surface area contributed by atoms with Gasteiger partial charge in [0.25, 0.3) is 0 Å². The highest BCUT2D eigenvalue weighted by Crippen LogP contribution is 2.31. The molecular weight excluding hydrogens is 257 g/mol. The van der Waals surface area contributed by atoms with E-state index >= 15 is 0 Å². The van der Waals surface area contributed by atoms with Crippen molar-refractivity contribution < 1.29 is 13.9 Å². The summed E-state index contributed by atoms with van der Waals surface area (Å²) in [4.78, 5) is 0. The molecule has 0 atom stereocenters. The SMILES string of the molecule is CCOc1cccc(CNC(C)(C)C)c1OCCCF. The van der Waals surface area contributed by atoms with E-state index in [1.165, 1.54) is 0 Å². The summed E-state index contributed by atoms with van der Waals surface area (Å²) in [6.45, 7) is 9.54. The second-order valence-electron chi connectivity index (χ2n) is 5.67. The van der Waals surface area contributed by atoms with Gasteiger partial charge < -0.3 is 14.8 Å². The average Bonchev–Trinajstić information content (AvgIpc) is 2.38. The number of para-hydroxylation sites is 1. The fraction of sp³-hybridized carbons (Fsp3) is 0.625. The lowest BCUT2D eigenvalue weighted by Crippen LogP contribution is -2.35. The predicted molar refractivity (Wildman–Crippen MR) is 80.3 cm³/mol. The van der Waals surface area contributed by atoms with Crippen LogP contribution in [0.2, 0.25) is 0 Å². The largest absolute Gasteiger partial charge is 0.490 e. The molecule has 0 amide bonds. The standard InChI is InChI=1S/C16H26FNO2/c1-5-19-14-9-6-8-13(12-18-16(2,3)4)15(14)20-11-7-10-17/h6,8-9,18H,5,7,10-12H2,1-4H3. The van der Waals surface area contributed by atoms with Crippen molar-refractivity contribution in [3.05, 3.63) is 23.8 Å². The van der Waals surface area contributed by atoms with Crippen LogP contribution >= 0.6 is 0 Å². The molecule has 0 aliphatic carbocycles. The minimum atomic E-state index is -0.369. The monoisotopic (exact) mass is 283 g/mol. The summed E-state index contributed by atoms with van der Waals surface area (Å²) in [6.07, 6.45) is 0.395. The highest BCUT2D eigenvalue weighted by Gasteiger charge is 2.14. The molecule has 20 heavy (non-hydrogen) atoms. The van der Waals surface area contributed by atoms with Gasteiger partial charge in [-0.3, -0.25) is 4.39 Å². The Kier molecular flexibility index (Phi) is 6.79. The van der Waals surface area contributed by atoms with Crippen molar-refractivity contribution in [1.29, 1.82) is 0 Å². The first-order chi connectivity index (χ1) is 9.48. The molecule has 0 radical (unpaired) electrons. The molecule has 0 unspecified atom stereocenters. The van der Waals surface area contributed by atoms with Crippen molar-refractivity contribution in [2.24, 2.45) is 0 Å². The summed E-state index contributed by atoms with van der Waals surface area (Å²) in [6, 6.07) is 5.84. The molecule has 1 rings (SSSR count). The van der Waals surface area contributed by atoms with Gasteiger partial charge in [-0.25, -0.2) is 0 Å². The molecular formula is C16H26FNO2. The van der Waals surface area contributed by atoms with E-state index in [9.17, 15) is 4.39 Å². The fourth-order valence-corrected chi connectivity index (χ4v) is 1.72. The van der Waals surface area contributed by atoms with E-state index in [2.05, 4.69) is 26.1 Å². The van der Waals surface area contributed by atoms with Gasteiger partial charge in [-0.1, -0.05) is 12.1 Å². The van der Waals surface area contributed by atoms with Gasteiger partial charge in [0.1, 0.15) is 0 Å². The van der Waals surface area contributed by atoms with E-state index in [0.29, 0.717) is 26.2 Å². The summed E-state index contributed by atoms with van der Waals surface area (Å²) in [5.41, 5.74) is 1.06. The molecule has 1 aromatic rings. The van der Waals surface area contributed by atoms with Crippen molar-refractivity contribution in [1.82, 2.24) is 5.32 Å². The van der Waals surface area contributed by atoms with E-state index in [0.717, 1.165) is 17.1 Å². The zero-order valence-corrected chi connectivity index (χ0v) is 13.0. The number of benzene rings is 1. The van der Waals surface area contributed by atoms with Crippen LogP contribution in [0.1, 0.15) is 39.7 Å². The van der Waals surface area contributed by atoms with Gasteiger partial charge in [-0.05, 0) is 33.8 Å². The van der Waals surface area contributed by atoms with Crippen LogP contribution in [0, 0.1) is 0 Å². The number of halogens is 1. The first-order valence-electron chi connectivity index (χ1n) is 7.16. The van der Waals surface area contributed by atoms with E-state index in [1.807, 2.05) is 25.1 Å². The van der Waals surface area contributed by atoms with Crippen LogP contribution < -0.4 is 14.8 Å². The molecule has 0 heterocycles. The molecule has 0 aromatic heterocycles. The van der Waals surface area contributed by atoms with E-state index in [-0.39, 0.29) is 12.2 Å². The highest BCUT2D eigenvalue weighted by atomic mass is 19.1. The first kappa shape index (κ1) is 16.8. The molecule has 0 aliphatic rings. The third kappa shape index (κ3) is 5.78. The lowest BCUT2D eigenvalue weighted by molar-refractivity contribution is 0.259.